The molecule has 1 aromatic heterocycles. The normalized spacial score (nSPS) is 13.3. The number of hydrogen-bond donors (Lipinski definition) is 1. The number of benzene rings is 3. The molecule has 0 atom stereocenters. The topological polar surface area (TPSA) is 95.5 Å². The molecule has 33 heavy (non-hydrogen) atoms. The lowest BCUT2D eigenvalue weighted by molar-refractivity contribution is -0.114. The highest BCUT2D eigenvalue weighted by molar-refractivity contribution is 7.92. The van der Waals surface area contributed by atoms with Crippen molar-refractivity contribution in [1.82, 2.24) is 9.97 Å². The Balaban J connectivity index is 1.63. The zero-order chi connectivity index (χ0) is 23.2. The molecule has 0 spiro atoms. The molecule has 8 nitrogen and oxygen atoms in total. The maximum atomic E-state index is 13.7. The molecule has 0 aliphatic carbocycles. The average Bonchev–Trinajstić information content (AvgIpc) is 3.17. The van der Waals surface area contributed by atoms with Crippen molar-refractivity contribution in [2.24, 2.45) is 0 Å². The molecule has 1 N–H and O–H groups in total. The Morgan fingerprint density at radius 1 is 0.879 bits per heavy atom. The number of aromatic nitrogens is 2. The van der Waals surface area contributed by atoms with Crippen LogP contribution in [0.5, 0.6) is 0 Å². The second-order valence-electron chi connectivity index (χ2n) is 7.77. The van der Waals surface area contributed by atoms with Gasteiger partial charge in [-0.25, -0.2) is 22.7 Å². The van der Waals surface area contributed by atoms with Crippen LogP contribution < -0.4 is 14.5 Å². The van der Waals surface area contributed by atoms with E-state index in [4.69, 9.17) is 4.98 Å². The molecule has 0 fully saturated rings. The highest BCUT2D eigenvalue weighted by Gasteiger charge is 2.39. The van der Waals surface area contributed by atoms with Crippen molar-refractivity contribution < 1.29 is 13.2 Å². The van der Waals surface area contributed by atoms with Gasteiger partial charge in [-0.05, 0) is 55.0 Å². The van der Waals surface area contributed by atoms with Gasteiger partial charge >= 0.3 is 0 Å². The molecule has 3 aromatic carbocycles. The standard InChI is InChI=1S/C24H21N5O3S/c1-16-7-3-6-10-22(16)28-15-29(24-23(28)26-20-8-4-5-9-21(20)27-24)33(31,32)19-13-11-18(12-14-19)25-17(2)30/h3-14H,15H2,1-2H3,(H,25,30). The summed E-state index contributed by atoms with van der Waals surface area (Å²) in [4.78, 5) is 22.7. The molecule has 0 saturated carbocycles. The number of nitrogens with one attached hydrogen (secondary N) is 1. The Labute approximate surface area is 191 Å². The number of rotatable bonds is 4. The van der Waals surface area contributed by atoms with E-state index in [0.717, 1.165) is 11.3 Å². The molecule has 2 heterocycles. The predicted molar refractivity (Wildman–Crippen MR) is 128 cm³/mol. The van der Waals surface area contributed by atoms with E-state index in [2.05, 4.69) is 10.3 Å². The van der Waals surface area contributed by atoms with Gasteiger partial charge in [0, 0.05) is 18.3 Å². The van der Waals surface area contributed by atoms with Gasteiger partial charge in [0.15, 0.2) is 11.6 Å². The van der Waals surface area contributed by atoms with Crippen molar-refractivity contribution in [3.05, 3.63) is 78.4 Å². The largest absolute Gasteiger partial charge is 0.326 e. The number of para-hydroxylation sites is 3. The summed E-state index contributed by atoms with van der Waals surface area (Å²) in [6, 6.07) is 21.2. The molecule has 0 radical (unpaired) electrons. The number of amides is 1. The number of anilines is 4. The van der Waals surface area contributed by atoms with Crippen LogP contribution in [0, 0.1) is 6.92 Å². The average molecular weight is 460 g/mol. The minimum atomic E-state index is -3.94. The molecule has 9 heteroatoms. The molecule has 0 saturated heterocycles. The zero-order valence-corrected chi connectivity index (χ0v) is 18.9. The Morgan fingerprint density at radius 3 is 2.12 bits per heavy atom. The third-order valence-electron chi connectivity index (χ3n) is 5.47. The van der Waals surface area contributed by atoms with Gasteiger partial charge in [0.2, 0.25) is 5.91 Å². The summed E-state index contributed by atoms with van der Waals surface area (Å²) in [7, 11) is -3.94. The summed E-state index contributed by atoms with van der Waals surface area (Å²) >= 11 is 0. The second kappa shape index (κ2) is 7.86. The van der Waals surface area contributed by atoms with E-state index in [1.807, 2.05) is 60.4 Å². The van der Waals surface area contributed by atoms with Crippen LogP contribution in [0.25, 0.3) is 11.0 Å². The Bertz CT molecular complexity index is 1490. The second-order valence-corrected chi connectivity index (χ2v) is 9.64. The lowest BCUT2D eigenvalue weighted by Crippen LogP contribution is -2.34. The molecule has 0 bridgehead atoms. The van der Waals surface area contributed by atoms with Crippen molar-refractivity contribution in [3.63, 3.8) is 0 Å². The molecular formula is C24H21N5O3S. The first-order valence-corrected chi connectivity index (χ1v) is 11.8. The van der Waals surface area contributed by atoms with E-state index in [9.17, 15) is 13.2 Å². The fraction of sp³-hybridized carbons (Fsp3) is 0.125. The SMILES string of the molecule is CC(=O)Nc1ccc(S(=O)(=O)N2CN(c3ccccc3C)c3nc4ccccc4nc32)cc1. The molecule has 166 valence electrons. The summed E-state index contributed by atoms with van der Waals surface area (Å²) in [6.45, 7) is 3.42. The van der Waals surface area contributed by atoms with Crippen LogP contribution in [-0.4, -0.2) is 31.0 Å². The van der Waals surface area contributed by atoms with Crippen LogP contribution >= 0.6 is 0 Å². The van der Waals surface area contributed by atoms with Gasteiger partial charge in [-0.1, -0.05) is 30.3 Å². The lowest BCUT2D eigenvalue weighted by Gasteiger charge is -2.22. The third kappa shape index (κ3) is 3.66. The molecule has 1 aliphatic heterocycles. The van der Waals surface area contributed by atoms with Gasteiger partial charge in [0.05, 0.1) is 15.9 Å². The van der Waals surface area contributed by atoms with Crippen molar-refractivity contribution >= 4 is 50.0 Å². The minimum absolute atomic E-state index is 0.0479. The number of sulfonamides is 1. The summed E-state index contributed by atoms with van der Waals surface area (Å²) in [5, 5.41) is 2.65. The van der Waals surface area contributed by atoms with Crippen molar-refractivity contribution in [3.8, 4) is 0 Å². The fourth-order valence-corrected chi connectivity index (χ4v) is 5.23. The van der Waals surface area contributed by atoms with Gasteiger partial charge in [-0.2, -0.15) is 0 Å². The van der Waals surface area contributed by atoms with E-state index >= 15 is 0 Å². The number of fused-ring (bicyclic) bond motifs is 2. The Hall–Kier alpha value is -3.98. The van der Waals surface area contributed by atoms with Gasteiger partial charge in [0.1, 0.15) is 6.67 Å². The van der Waals surface area contributed by atoms with E-state index in [1.54, 1.807) is 12.1 Å². The molecule has 4 aromatic rings. The lowest BCUT2D eigenvalue weighted by atomic mass is 10.2. The molecule has 1 aliphatic rings. The van der Waals surface area contributed by atoms with Crippen molar-refractivity contribution in [2.45, 2.75) is 18.7 Å². The Morgan fingerprint density at radius 2 is 1.48 bits per heavy atom. The van der Waals surface area contributed by atoms with Crippen molar-refractivity contribution in [1.29, 1.82) is 0 Å². The van der Waals surface area contributed by atoms with Gasteiger partial charge < -0.3 is 10.2 Å². The summed E-state index contributed by atoms with van der Waals surface area (Å²) < 4.78 is 28.6. The number of hydrogen-bond acceptors (Lipinski definition) is 6. The quantitative estimate of drug-likeness (QED) is 0.491. The monoisotopic (exact) mass is 459 g/mol. The Kier molecular flexibility index (Phi) is 4.98. The first-order valence-electron chi connectivity index (χ1n) is 10.3. The smallest absolute Gasteiger partial charge is 0.267 e. The van der Waals surface area contributed by atoms with E-state index < -0.39 is 10.0 Å². The summed E-state index contributed by atoms with van der Waals surface area (Å²) in [5.41, 5.74) is 3.69. The highest BCUT2D eigenvalue weighted by Crippen LogP contribution is 2.42. The molecular weight excluding hydrogens is 438 g/mol. The van der Waals surface area contributed by atoms with E-state index in [0.29, 0.717) is 22.5 Å². The van der Waals surface area contributed by atoms with Crippen molar-refractivity contribution in [2.75, 3.05) is 21.2 Å². The van der Waals surface area contributed by atoms with Gasteiger partial charge in [-0.15, -0.1) is 0 Å². The van der Waals surface area contributed by atoms with E-state index in [1.165, 1.54) is 23.4 Å². The van der Waals surface area contributed by atoms with Crippen LogP contribution in [-0.2, 0) is 14.8 Å². The fourth-order valence-electron chi connectivity index (χ4n) is 3.88. The number of carbonyl (C=O) groups is 1. The first-order chi connectivity index (χ1) is 15.8. The third-order valence-corrected chi connectivity index (χ3v) is 7.20. The summed E-state index contributed by atoms with van der Waals surface area (Å²) in [5.74, 6) is 0.541. The van der Waals surface area contributed by atoms with Crippen LogP contribution in [0.4, 0.5) is 23.0 Å². The van der Waals surface area contributed by atoms with Crippen LogP contribution in [0.1, 0.15) is 12.5 Å². The van der Waals surface area contributed by atoms with E-state index in [-0.39, 0.29) is 23.3 Å². The highest BCUT2D eigenvalue weighted by atomic mass is 32.2. The van der Waals surface area contributed by atoms with Crippen LogP contribution in [0.2, 0.25) is 0 Å². The molecule has 5 rings (SSSR count). The maximum Gasteiger partial charge on any atom is 0.267 e. The number of aryl methyl sites for hydroxylation is 1. The maximum absolute atomic E-state index is 13.7. The predicted octanol–water partition coefficient (Wildman–Crippen LogP) is 4.20. The first kappa shape index (κ1) is 20.9. The van der Waals surface area contributed by atoms with Crippen LogP contribution in [0.15, 0.2) is 77.7 Å². The zero-order valence-electron chi connectivity index (χ0n) is 18.1. The van der Waals surface area contributed by atoms with Gasteiger partial charge in [-0.3, -0.25) is 4.79 Å². The minimum Gasteiger partial charge on any atom is -0.326 e. The molecule has 0 unspecified atom stereocenters. The number of nitrogens with zero attached hydrogens (tertiary/aromatic N) is 4. The van der Waals surface area contributed by atoms with Gasteiger partial charge in [0.25, 0.3) is 10.0 Å². The number of carbonyl (C=O) groups excluding carboxylic acids is 1. The summed E-state index contributed by atoms with van der Waals surface area (Å²) in [6.07, 6.45) is 0. The van der Waals surface area contributed by atoms with Crippen LogP contribution in [0.3, 0.4) is 0 Å². The molecule has 1 amide bonds.